The van der Waals surface area contributed by atoms with Crippen LogP contribution >= 0.6 is 0 Å². The SMILES string of the molecule is CCNC(C)(CCOc1ccc(CC)cc1)C(=O)OCC. The lowest BCUT2D eigenvalue weighted by atomic mass is 9.98. The summed E-state index contributed by atoms with van der Waals surface area (Å²) in [5, 5.41) is 3.19. The number of carbonyl (C=O) groups excluding carboxylic acids is 1. The minimum atomic E-state index is -0.700. The molecule has 1 aromatic carbocycles. The second-order valence-electron chi connectivity index (χ2n) is 5.18. The Kier molecular flexibility index (Phi) is 7.23. The molecular formula is C17H27NO3. The van der Waals surface area contributed by atoms with Crippen molar-refractivity contribution in [2.75, 3.05) is 19.8 Å². The Labute approximate surface area is 127 Å². The molecule has 0 saturated heterocycles. The summed E-state index contributed by atoms with van der Waals surface area (Å²) >= 11 is 0. The largest absolute Gasteiger partial charge is 0.494 e. The Morgan fingerprint density at radius 2 is 1.86 bits per heavy atom. The molecule has 0 amide bonds. The Morgan fingerprint density at radius 3 is 2.38 bits per heavy atom. The van der Waals surface area contributed by atoms with E-state index in [1.807, 2.05) is 32.9 Å². The van der Waals surface area contributed by atoms with Crippen LogP contribution in [-0.4, -0.2) is 31.3 Å². The number of ether oxygens (including phenoxy) is 2. The molecule has 1 aromatic rings. The molecule has 21 heavy (non-hydrogen) atoms. The monoisotopic (exact) mass is 293 g/mol. The molecule has 0 aliphatic heterocycles. The quantitative estimate of drug-likeness (QED) is 0.711. The van der Waals surface area contributed by atoms with Crippen LogP contribution in [0.15, 0.2) is 24.3 Å². The van der Waals surface area contributed by atoms with E-state index in [2.05, 4.69) is 24.4 Å². The van der Waals surface area contributed by atoms with Crippen LogP contribution in [0.1, 0.15) is 39.7 Å². The zero-order valence-electron chi connectivity index (χ0n) is 13.6. The number of benzene rings is 1. The van der Waals surface area contributed by atoms with Crippen LogP contribution in [0.3, 0.4) is 0 Å². The molecule has 0 saturated carbocycles. The molecule has 1 N–H and O–H groups in total. The first-order valence-corrected chi connectivity index (χ1v) is 7.69. The third-order valence-corrected chi connectivity index (χ3v) is 3.50. The van der Waals surface area contributed by atoms with Crippen LogP contribution < -0.4 is 10.1 Å². The van der Waals surface area contributed by atoms with E-state index in [1.54, 1.807) is 0 Å². The minimum absolute atomic E-state index is 0.225. The smallest absolute Gasteiger partial charge is 0.326 e. The zero-order valence-corrected chi connectivity index (χ0v) is 13.6. The molecule has 1 atom stereocenters. The van der Waals surface area contributed by atoms with E-state index in [0.717, 1.165) is 12.2 Å². The van der Waals surface area contributed by atoms with E-state index in [1.165, 1.54) is 5.56 Å². The van der Waals surface area contributed by atoms with Crippen molar-refractivity contribution >= 4 is 5.97 Å². The molecule has 0 spiro atoms. The summed E-state index contributed by atoms with van der Waals surface area (Å²) in [6.07, 6.45) is 1.58. The van der Waals surface area contributed by atoms with Gasteiger partial charge in [-0.3, -0.25) is 4.79 Å². The Balaban J connectivity index is 2.54. The number of esters is 1. The fourth-order valence-electron chi connectivity index (χ4n) is 2.14. The summed E-state index contributed by atoms with van der Waals surface area (Å²) < 4.78 is 10.9. The summed E-state index contributed by atoms with van der Waals surface area (Å²) in [4.78, 5) is 12.0. The van der Waals surface area contributed by atoms with E-state index >= 15 is 0 Å². The van der Waals surface area contributed by atoms with Crippen molar-refractivity contribution in [3.8, 4) is 5.75 Å². The van der Waals surface area contributed by atoms with Crippen molar-refractivity contribution in [1.82, 2.24) is 5.32 Å². The summed E-state index contributed by atoms with van der Waals surface area (Å²) in [6, 6.07) is 8.05. The van der Waals surface area contributed by atoms with Crippen molar-refractivity contribution in [1.29, 1.82) is 0 Å². The highest BCUT2D eigenvalue weighted by atomic mass is 16.5. The van der Waals surface area contributed by atoms with Gasteiger partial charge in [0.2, 0.25) is 0 Å². The first kappa shape index (κ1) is 17.5. The van der Waals surface area contributed by atoms with Crippen molar-refractivity contribution in [2.24, 2.45) is 0 Å². The molecule has 0 aliphatic rings. The summed E-state index contributed by atoms with van der Waals surface area (Å²) in [5.41, 5.74) is 0.583. The lowest BCUT2D eigenvalue weighted by Crippen LogP contribution is -2.51. The molecule has 0 radical (unpaired) electrons. The topological polar surface area (TPSA) is 47.6 Å². The lowest BCUT2D eigenvalue weighted by Gasteiger charge is -2.28. The highest BCUT2D eigenvalue weighted by Gasteiger charge is 2.33. The molecule has 0 aromatic heterocycles. The second-order valence-corrected chi connectivity index (χ2v) is 5.18. The number of hydrogen-bond acceptors (Lipinski definition) is 4. The predicted molar refractivity (Wildman–Crippen MR) is 84.6 cm³/mol. The van der Waals surface area contributed by atoms with Crippen molar-refractivity contribution in [3.63, 3.8) is 0 Å². The summed E-state index contributed by atoms with van der Waals surface area (Å²) in [7, 11) is 0. The molecule has 0 aliphatic carbocycles. The Bertz CT molecular complexity index is 430. The van der Waals surface area contributed by atoms with Gasteiger partial charge in [0.25, 0.3) is 0 Å². The van der Waals surface area contributed by atoms with Gasteiger partial charge in [-0.25, -0.2) is 0 Å². The number of nitrogens with one attached hydrogen (secondary N) is 1. The summed E-state index contributed by atoms with van der Waals surface area (Å²) in [5.74, 6) is 0.603. The number of likely N-dealkylation sites (N-methyl/N-ethyl adjacent to an activating group) is 1. The van der Waals surface area contributed by atoms with Gasteiger partial charge in [0.05, 0.1) is 13.2 Å². The van der Waals surface area contributed by atoms with Crippen molar-refractivity contribution in [2.45, 2.75) is 46.1 Å². The minimum Gasteiger partial charge on any atom is -0.494 e. The lowest BCUT2D eigenvalue weighted by molar-refractivity contribution is -0.151. The third kappa shape index (κ3) is 5.38. The molecular weight excluding hydrogens is 266 g/mol. The van der Waals surface area contributed by atoms with Crippen LogP contribution in [0.5, 0.6) is 5.75 Å². The van der Waals surface area contributed by atoms with Gasteiger partial charge in [0.1, 0.15) is 11.3 Å². The van der Waals surface area contributed by atoms with Gasteiger partial charge in [0, 0.05) is 6.42 Å². The normalized spacial score (nSPS) is 13.5. The molecule has 0 heterocycles. The fraction of sp³-hybridized carbons (Fsp3) is 0.588. The second kappa shape index (κ2) is 8.67. The zero-order chi connectivity index (χ0) is 15.7. The van der Waals surface area contributed by atoms with Crippen LogP contribution in [0.2, 0.25) is 0 Å². The number of rotatable bonds is 9. The van der Waals surface area contributed by atoms with Crippen LogP contribution in [-0.2, 0) is 16.0 Å². The van der Waals surface area contributed by atoms with Gasteiger partial charge in [-0.15, -0.1) is 0 Å². The number of aryl methyl sites for hydroxylation is 1. The van der Waals surface area contributed by atoms with Gasteiger partial charge in [-0.05, 0) is 44.5 Å². The average Bonchev–Trinajstić information content (AvgIpc) is 2.48. The third-order valence-electron chi connectivity index (χ3n) is 3.50. The molecule has 1 unspecified atom stereocenters. The first-order chi connectivity index (χ1) is 10.1. The van der Waals surface area contributed by atoms with Crippen LogP contribution in [0.25, 0.3) is 0 Å². The van der Waals surface area contributed by atoms with E-state index in [-0.39, 0.29) is 5.97 Å². The van der Waals surface area contributed by atoms with E-state index in [0.29, 0.717) is 26.2 Å². The van der Waals surface area contributed by atoms with Gasteiger partial charge >= 0.3 is 5.97 Å². The highest BCUT2D eigenvalue weighted by molar-refractivity contribution is 5.80. The molecule has 1 rings (SSSR count). The van der Waals surface area contributed by atoms with Gasteiger partial charge in [0.15, 0.2) is 0 Å². The maximum absolute atomic E-state index is 12.0. The first-order valence-electron chi connectivity index (χ1n) is 7.69. The van der Waals surface area contributed by atoms with Crippen molar-refractivity contribution in [3.05, 3.63) is 29.8 Å². The predicted octanol–water partition coefficient (Wildman–Crippen LogP) is 2.95. The van der Waals surface area contributed by atoms with Crippen LogP contribution in [0.4, 0.5) is 0 Å². The van der Waals surface area contributed by atoms with Crippen molar-refractivity contribution < 1.29 is 14.3 Å². The number of carbonyl (C=O) groups is 1. The van der Waals surface area contributed by atoms with Gasteiger partial charge in [-0.2, -0.15) is 0 Å². The molecule has 118 valence electrons. The summed E-state index contributed by atoms with van der Waals surface area (Å²) in [6.45, 7) is 9.33. The molecule has 0 fully saturated rings. The van der Waals surface area contributed by atoms with Gasteiger partial charge in [-0.1, -0.05) is 26.0 Å². The fourth-order valence-corrected chi connectivity index (χ4v) is 2.14. The van der Waals surface area contributed by atoms with E-state index < -0.39 is 5.54 Å². The van der Waals surface area contributed by atoms with Gasteiger partial charge < -0.3 is 14.8 Å². The van der Waals surface area contributed by atoms with Crippen LogP contribution in [0, 0.1) is 0 Å². The molecule has 0 bridgehead atoms. The maximum atomic E-state index is 12.0. The van der Waals surface area contributed by atoms with E-state index in [9.17, 15) is 4.79 Å². The maximum Gasteiger partial charge on any atom is 0.326 e. The van der Waals surface area contributed by atoms with E-state index in [4.69, 9.17) is 9.47 Å². The molecule has 4 nitrogen and oxygen atoms in total. The standard InChI is InChI=1S/C17H27NO3/c1-5-14-8-10-15(11-9-14)21-13-12-17(4,18-6-2)16(19)20-7-3/h8-11,18H,5-7,12-13H2,1-4H3. The Hall–Kier alpha value is -1.55. The highest BCUT2D eigenvalue weighted by Crippen LogP contribution is 2.16. The Morgan fingerprint density at radius 1 is 1.19 bits per heavy atom. The molecule has 4 heteroatoms. The number of hydrogen-bond donors (Lipinski definition) is 1. The average molecular weight is 293 g/mol.